The molecular weight excluding hydrogens is 332 g/mol. The van der Waals surface area contributed by atoms with Crippen molar-refractivity contribution in [1.29, 1.82) is 0 Å². The van der Waals surface area contributed by atoms with Gasteiger partial charge < -0.3 is 21.1 Å². The fourth-order valence-electron chi connectivity index (χ4n) is 3.04. The van der Waals surface area contributed by atoms with Gasteiger partial charge in [0.2, 0.25) is 5.91 Å². The molecule has 1 heterocycles. The number of primary amides is 1. The maximum Gasteiger partial charge on any atom is 0.273 e. The molecule has 3 aliphatic rings. The van der Waals surface area contributed by atoms with Crippen molar-refractivity contribution in [3.05, 3.63) is 18.0 Å². The SMILES string of the molecule is NC(=O)[C@H](CNC(=O)c1ncc(NC2CC2)cc1OCC1CC1)C1CC1. The molecule has 3 saturated carbocycles. The van der Waals surface area contributed by atoms with Gasteiger partial charge in [-0.3, -0.25) is 9.59 Å². The Hall–Kier alpha value is -2.31. The zero-order valence-corrected chi connectivity index (χ0v) is 14.9. The summed E-state index contributed by atoms with van der Waals surface area (Å²) in [6, 6.07) is 2.36. The van der Waals surface area contributed by atoms with Gasteiger partial charge in [-0.15, -0.1) is 0 Å². The second-order valence-electron chi connectivity index (χ2n) is 7.80. The van der Waals surface area contributed by atoms with E-state index in [1.54, 1.807) is 6.20 Å². The van der Waals surface area contributed by atoms with E-state index in [-0.39, 0.29) is 30.0 Å². The fourth-order valence-corrected chi connectivity index (χ4v) is 3.04. The largest absolute Gasteiger partial charge is 0.491 e. The van der Waals surface area contributed by atoms with Crippen molar-refractivity contribution >= 4 is 17.5 Å². The number of nitrogens with two attached hydrogens (primary N) is 1. The van der Waals surface area contributed by atoms with Gasteiger partial charge in [-0.05, 0) is 50.4 Å². The van der Waals surface area contributed by atoms with Gasteiger partial charge in [-0.2, -0.15) is 0 Å². The Morgan fingerprint density at radius 3 is 2.62 bits per heavy atom. The third kappa shape index (κ3) is 4.45. The summed E-state index contributed by atoms with van der Waals surface area (Å²) in [5.41, 5.74) is 6.60. The first-order chi connectivity index (χ1) is 12.6. The summed E-state index contributed by atoms with van der Waals surface area (Å²) in [4.78, 5) is 28.5. The molecule has 0 saturated heterocycles. The molecule has 1 aromatic heterocycles. The van der Waals surface area contributed by atoms with E-state index in [4.69, 9.17) is 10.5 Å². The number of aromatic nitrogens is 1. The molecule has 0 bridgehead atoms. The van der Waals surface area contributed by atoms with Gasteiger partial charge in [-0.25, -0.2) is 4.98 Å². The third-order valence-electron chi connectivity index (χ3n) is 5.23. The summed E-state index contributed by atoms with van der Waals surface area (Å²) >= 11 is 0. The van der Waals surface area contributed by atoms with Crippen LogP contribution in [0.15, 0.2) is 12.3 Å². The summed E-state index contributed by atoms with van der Waals surface area (Å²) in [5.74, 6) is 0.417. The fraction of sp³-hybridized carbons (Fsp3) is 0.632. The first-order valence-corrected chi connectivity index (χ1v) is 9.57. The molecular formula is C19H26N4O3. The number of ether oxygens (including phenoxy) is 1. The van der Waals surface area contributed by atoms with E-state index < -0.39 is 0 Å². The Morgan fingerprint density at radius 1 is 1.23 bits per heavy atom. The number of hydrogen-bond acceptors (Lipinski definition) is 5. The lowest BCUT2D eigenvalue weighted by Crippen LogP contribution is -2.37. The molecule has 0 radical (unpaired) electrons. The third-order valence-corrected chi connectivity index (χ3v) is 5.23. The molecule has 3 fully saturated rings. The van der Waals surface area contributed by atoms with E-state index in [1.807, 2.05) is 6.07 Å². The predicted molar refractivity (Wildman–Crippen MR) is 96.8 cm³/mol. The maximum atomic E-state index is 12.6. The van der Waals surface area contributed by atoms with Crippen molar-refractivity contribution in [2.45, 2.75) is 44.6 Å². The highest BCUT2D eigenvalue weighted by Gasteiger charge is 2.35. The summed E-state index contributed by atoms with van der Waals surface area (Å²) < 4.78 is 5.88. The van der Waals surface area contributed by atoms with Crippen LogP contribution in [0, 0.1) is 17.8 Å². The number of nitrogens with zero attached hydrogens (tertiary/aromatic N) is 1. The molecule has 140 valence electrons. The standard InChI is InChI=1S/C19H26N4O3/c20-18(24)15(12-3-4-12)9-22-19(25)17-16(26-10-11-1-2-11)7-14(8-21-17)23-13-5-6-13/h7-8,11-13,15,23H,1-6,9-10H2,(H2,20,24)(H,22,25)/t15-/m1/s1. The minimum Gasteiger partial charge on any atom is -0.491 e. The summed E-state index contributed by atoms with van der Waals surface area (Å²) in [7, 11) is 0. The van der Waals surface area contributed by atoms with E-state index >= 15 is 0 Å². The van der Waals surface area contributed by atoms with Gasteiger partial charge in [0.1, 0.15) is 0 Å². The zero-order valence-electron chi connectivity index (χ0n) is 14.9. The van der Waals surface area contributed by atoms with Gasteiger partial charge in [0.05, 0.1) is 24.4 Å². The second-order valence-corrected chi connectivity index (χ2v) is 7.80. The predicted octanol–water partition coefficient (Wildman–Crippen LogP) is 1.69. The molecule has 1 aromatic rings. The molecule has 0 aromatic carbocycles. The average molecular weight is 358 g/mol. The molecule has 2 amide bonds. The van der Waals surface area contributed by atoms with Crippen LogP contribution in [0.2, 0.25) is 0 Å². The van der Waals surface area contributed by atoms with Crippen molar-refractivity contribution in [2.24, 2.45) is 23.5 Å². The summed E-state index contributed by atoms with van der Waals surface area (Å²) in [6.45, 7) is 0.867. The van der Waals surface area contributed by atoms with Crippen LogP contribution in [0.5, 0.6) is 5.75 Å². The minimum atomic E-state index is -0.352. The van der Waals surface area contributed by atoms with E-state index in [0.29, 0.717) is 30.2 Å². The number of pyridine rings is 1. The van der Waals surface area contributed by atoms with Crippen LogP contribution in [0.25, 0.3) is 0 Å². The highest BCUT2D eigenvalue weighted by molar-refractivity contribution is 5.95. The quantitative estimate of drug-likeness (QED) is 0.590. The van der Waals surface area contributed by atoms with Gasteiger partial charge in [0.15, 0.2) is 11.4 Å². The number of hydrogen-bond donors (Lipinski definition) is 3. The van der Waals surface area contributed by atoms with Crippen LogP contribution >= 0.6 is 0 Å². The highest BCUT2D eigenvalue weighted by Crippen LogP contribution is 2.36. The Balaban J connectivity index is 1.43. The molecule has 4 rings (SSSR count). The Morgan fingerprint density at radius 2 is 2.00 bits per heavy atom. The first-order valence-electron chi connectivity index (χ1n) is 9.57. The van der Waals surface area contributed by atoms with Gasteiger partial charge >= 0.3 is 0 Å². The molecule has 26 heavy (non-hydrogen) atoms. The number of carbonyl (C=O) groups is 2. The van der Waals surface area contributed by atoms with Crippen LogP contribution < -0.4 is 21.1 Å². The van der Waals surface area contributed by atoms with Crippen molar-refractivity contribution in [1.82, 2.24) is 10.3 Å². The second kappa shape index (κ2) is 7.13. The van der Waals surface area contributed by atoms with Crippen LogP contribution in [-0.2, 0) is 4.79 Å². The number of anilines is 1. The van der Waals surface area contributed by atoms with Crippen LogP contribution in [0.4, 0.5) is 5.69 Å². The average Bonchev–Trinajstić information content (AvgIpc) is 3.45. The number of carbonyl (C=O) groups excluding carboxylic acids is 2. The van der Waals surface area contributed by atoms with Crippen LogP contribution in [0.1, 0.15) is 49.0 Å². The van der Waals surface area contributed by atoms with Crippen molar-refractivity contribution in [2.75, 3.05) is 18.5 Å². The lowest BCUT2D eigenvalue weighted by Gasteiger charge is -2.15. The topological polar surface area (TPSA) is 106 Å². The van der Waals surface area contributed by atoms with Crippen molar-refractivity contribution < 1.29 is 14.3 Å². The molecule has 7 heteroatoms. The first kappa shape index (κ1) is 17.1. The molecule has 3 aliphatic carbocycles. The summed E-state index contributed by atoms with van der Waals surface area (Å²) in [5, 5.41) is 6.19. The maximum absolute atomic E-state index is 12.6. The van der Waals surface area contributed by atoms with E-state index in [9.17, 15) is 9.59 Å². The number of nitrogens with one attached hydrogen (secondary N) is 2. The van der Waals surface area contributed by atoms with Crippen LogP contribution in [0.3, 0.4) is 0 Å². The lowest BCUT2D eigenvalue weighted by atomic mass is 10.0. The number of rotatable bonds is 10. The van der Waals surface area contributed by atoms with E-state index in [0.717, 1.165) is 31.4 Å². The zero-order chi connectivity index (χ0) is 18.1. The lowest BCUT2D eigenvalue weighted by molar-refractivity contribution is -0.122. The normalized spacial score (nSPS) is 20.3. The monoisotopic (exact) mass is 358 g/mol. The minimum absolute atomic E-state index is 0.255. The Kier molecular flexibility index (Phi) is 4.70. The molecule has 4 N–H and O–H groups in total. The van der Waals surface area contributed by atoms with Gasteiger partial charge in [0.25, 0.3) is 5.91 Å². The Bertz CT molecular complexity index is 696. The summed E-state index contributed by atoms with van der Waals surface area (Å²) in [6.07, 6.45) is 8.35. The van der Waals surface area contributed by atoms with E-state index in [2.05, 4.69) is 15.6 Å². The molecule has 1 atom stereocenters. The van der Waals surface area contributed by atoms with Gasteiger partial charge in [-0.1, -0.05) is 0 Å². The van der Waals surface area contributed by atoms with Crippen LogP contribution in [-0.4, -0.2) is 36.0 Å². The van der Waals surface area contributed by atoms with Crippen molar-refractivity contribution in [3.63, 3.8) is 0 Å². The van der Waals surface area contributed by atoms with Gasteiger partial charge in [0, 0.05) is 18.7 Å². The highest BCUT2D eigenvalue weighted by atomic mass is 16.5. The Labute approximate surface area is 153 Å². The van der Waals surface area contributed by atoms with Crippen molar-refractivity contribution in [3.8, 4) is 5.75 Å². The van der Waals surface area contributed by atoms with E-state index in [1.165, 1.54) is 12.8 Å². The molecule has 0 spiro atoms. The molecule has 0 aliphatic heterocycles. The molecule has 7 nitrogen and oxygen atoms in total. The molecule has 0 unspecified atom stereocenters. The smallest absolute Gasteiger partial charge is 0.273 e. The number of amides is 2.